The molecule has 1 aliphatic rings. The van der Waals surface area contributed by atoms with Crippen molar-refractivity contribution in [2.45, 2.75) is 51.2 Å². The van der Waals surface area contributed by atoms with E-state index in [1.807, 2.05) is 11.8 Å². The van der Waals surface area contributed by atoms with Gasteiger partial charge in [-0.15, -0.1) is 0 Å². The minimum absolute atomic E-state index is 0.0371. The van der Waals surface area contributed by atoms with Crippen molar-refractivity contribution in [1.82, 2.24) is 10.2 Å². The molecule has 0 radical (unpaired) electrons. The van der Waals surface area contributed by atoms with Crippen LogP contribution < -0.4 is 5.32 Å². The van der Waals surface area contributed by atoms with E-state index >= 15 is 0 Å². The molecule has 2 rings (SSSR count). The highest BCUT2D eigenvalue weighted by atomic mass is 19.2. The van der Waals surface area contributed by atoms with Crippen molar-refractivity contribution in [1.29, 1.82) is 0 Å². The van der Waals surface area contributed by atoms with Gasteiger partial charge in [0.1, 0.15) is 0 Å². The fourth-order valence-corrected chi connectivity index (χ4v) is 3.09. The van der Waals surface area contributed by atoms with Crippen molar-refractivity contribution in [2.24, 2.45) is 0 Å². The second kappa shape index (κ2) is 8.97. The second-order valence-electron chi connectivity index (χ2n) is 6.36. The molecule has 0 bridgehead atoms. The zero-order valence-electron chi connectivity index (χ0n) is 14.4. The number of rotatable bonds is 6. The van der Waals surface area contributed by atoms with Crippen molar-refractivity contribution in [2.75, 3.05) is 20.2 Å². The van der Waals surface area contributed by atoms with Crippen LogP contribution in [0.4, 0.5) is 13.6 Å². The molecule has 0 aliphatic carbocycles. The Morgan fingerprint density at radius 2 is 2.12 bits per heavy atom. The molecule has 1 heterocycles. The summed E-state index contributed by atoms with van der Waals surface area (Å²) in [5.74, 6) is -1.63. The van der Waals surface area contributed by atoms with Crippen LogP contribution in [0.15, 0.2) is 18.2 Å². The van der Waals surface area contributed by atoms with Crippen LogP contribution in [0.5, 0.6) is 0 Å². The Bertz CT molecular complexity index is 554. The number of ether oxygens (including phenoxy) is 1. The molecule has 1 aromatic carbocycles. The summed E-state index contributed by atoms with van der Waals surface area (Å²) in [5, 5.41) is 2.93. The predicted molar refractivity (Wildman–Crippen MR) is 88.9 cm³/mol. The van der Waals surface area contributed by atoms with E-state index in [4.69, 9.17) is 4.74 Å². The number of amides is 2. The minimum atomic E-state index is -0.822. The van der Waals surface area contributed by atoms with Crippen LogP contribution in [0, 0.1) is 11.6 Å². The topological polar surface area (TPSA) is 41.6 Å². The van der Waals surface area contributed by atoms with Gasteiger partial charge in [-0.3, -0.25) is 0 Å². The van der Waals surface area contributed by atoms with Gasteiger partial charge in [-0.25, -0.2) is 13.6 Å². The molecule has 6 heteroatoms. The number of carbonyl (C=O) groups excluding carboxylic acids is 1. The lowest BCUT2D eigenvalue weighted by Gasteiger charge is -2.37. The third-order valence-electron chi connectivity index (χ3n) is 4.57. The Morgan fingerprint density at radius 1 is 1.33 bits per heavy atom. The lowest BCUT2D eigenvalue weighted by molar-refractivity contribution is 0.0293. The number of piperidine rings is 1. The SMILES string of the molecule is CO[C@@H]1CCN(C(=O)NCCCCc2ccc(F)c(F)c2)[C@H](C)C1. The molecule has 2 amide bonds. The van der Waals surface area contributed by atoms with E-state index in [1.165, 1.54) is 6.07 Å². The zero-order valence-corrected chi connectivity index (χ0v) is 14.4. The maximum atomic E-state index is 13.1. The molecule has 1 fully saturated rings. The molecule has 4 nitrogen and oxygen atoms in total. The van der Waals surface area contributed by atoms with E-state index in [-0.39, 0.29) is 18.2 Å². The highest BCUT2D eigenvalue weighted by molar-refractivity contribution is 5.74. The Hall–Kier alpha value is -1.69. The van der Waals surface area contributed by atoms with Crippen LogP contribution in [0.25, 0.3) is 0 Å². The maximum Gasteiger partial charge on any atom is 0.317 e. The number of aryl methyl sites for hydroxylation is 1. The fourth-order valence-electron chi connectivity index (χ4n) is 3.09. The summed E-state index contributed by atoms with van der Waals surface area (Å²) >= 11 is 0. The van der Waals surface area contributed by atoms with E-state index in [2.05, 4.69) is 5.32 Å². The smallest absolute Gasteiger partial charge is 0.317 e. The molecule has 0 unspecified atom stereocenters. The highest BCUT2D eigenvalue weighted by Crippen LogP contribution is 2.19. The Morgan fingerprint density at radius 3 is 2.79 bits per heavy atom. The number of nitrogens with one attached hydrogen (secondary N) is 1. The minimum Gasteiger partial charge on any atom is -0.381 e. The zero-order chi connectivity index (χ0) is 17.5. The fraction of sp³-hybridized carbons (Fsp3) is 0.611. The monoisotopic (exact) mass is 340 g/mol. The third kappa shape index (κ3) is 5.16. The number of benzene rings is 1. The van der Waals surface area contributed by atoms with Crippen LogP contribution in [-0.4, -0.2) is 43.3 Å². The molecule has 0 saturated carbocycles. The van der Waals surface area contributed by atoms with Gasteiger partial charge < -0.3 is 15.0 Å². The number of hydrogen-bond donors (Lipinski definition) is 1. The molecule has 1 aliphatic heterocycles. The first-order valence-corrected chi connectivity index (χ1v) is 8.52. The summed E-state index contributed by atoms with van der Waals surface area (Å²) in [7, 11) is 1.71. The number of methoxy groups -OCH3 is 1. The molecule has 0 aromatic heterocycles. The third-order valence-corrected chi connectivity index (χ3v) is 4.57. The normalized spacial score (nSPS) is 20.9. The molecule has 2 atom stereocenters. The number of halogens is 2. The van der Waals surface area contributed by atoms with Gasteiger partial charge in [0, 0.05) is 26.2 Å². The molecular formula is C18H26F2N2O2. The number of unbranched alkanes of at least 4 members (excludes halogenated alkanes) is 1. The first kappa shape index (κ1) is 18.6. The molecule has 0 spiro atoms. The summed E-state index contributed by atoms with van der Waals surface area (Å²) < 4.78 is 31.3. The van der Waals surface area contributed by atoms with E-state index in [0.717, 1.165) is 37.3 Å². The molecular weight excluding hydrogens is 314 g/mol. The van der Waals surface area contributed by atoms with Gasteiger partial charge in [-0.05, 0) is 56.7 Å². The Labute approximate surface area is 142 Å². The first-order valence-electron chi connectivity index (χ1n) is 8.52. The first-order chi connectivity index (χ1) is 11.5. The van der Waals surface area contributed by atoms with Gasteiger partial charge in [-0.1, -0.05) is 6.07 Å². The Kier molecular flexibility index (Phi) is 6.97. The average Bonchev–Trinajstić information content (AvgIpc) is 2.57. The van der Waals surface area contributed by atoms with Crippen LogP contribution in [0.2, 0.25) is 0 Å². The summed E-state index contributed by atoms with van der Waals surface area (Å²) in [6.45, 7) is 3.33. The van der Waals surface area contributed by atoms with Crippen LogP contribution >= 0.6 is 0 Å². The molecule has 1 saturated heterocycles. The Balaban J connectivity index is 1.65. The van der Waals surface area contributed by atoms with Crippen LogP contribution in [-0.2, 0) is 11.2 Å². The van der Waals surface area contributed by atoms with Crippen LogP contribution in [0.3, 0.4) is 0 Å². The number of carbonyl (C=O) groups is 1. The van der Waals surface area contributed by atoms with Crippen molar-refractivity contribution in [3.8, 4) is 0 Å². The lowest BCUT2D eigenvalue weighted by atomic mass is 10.0. The molecule has 24 heavy (non-hydrogen) atoms. The van der Waals surface area contributed by atoms with Crippen molar-refractivity contribution >= 4 is 6.03 Å². The van der Waals surface area contributed by atoms with Gasteiger partial charge in [-0.2, -0.15) is 0 Å². The van der Waals surface area contributed by atoms with E-state index in [1.54, 1.807) is 13.2 Å². The standard InChI is InChI=1S/C18H26F2N2O2/c1-13-11-15(24-2)8-10-22(13)18(23)21-9-4-3-5-14-6-7-16(19)17(20)12-14/h6-7,12-13,15H,3-5,8-11H2,1-2H3,(H,21,23)/t13-,15-/m1/s1. The van der Waals surface area contributed by atoms with Crippen molar-refractivity contribution < 1.29 is 18.3 Å². The predicted octanol–water partition coefficient (Wildman–Crippen LogP) is 3.50. The van der Waals surface area contributed by atoms with Gasteiger partial charge >= 0.3 is 6.03 Å². The van der Waals surface area contributed by atoms with Gasteiger partial charge in [0.2, 0.25) is 0 Å². The van der Waals surface area contributed by atoms with Crippen LogP contribution in [0.1, 0.15) is 38.2 Å². The van der Waals surface area contributed by atoms with Crippen molar-refractivity contribution in [3.05, 3.63) is 35.4 Å². The van der Waals surface area contributed by atoms with E-state index in [9.17, 15) is 13.6 Å². The molecule has 134 valence electrons. The maximum absolute atomic E-state index is 13.1. The number of hydrogen-bond acceptors (Lipinski definition) is 2. The largest absolute Gasteiger partial charge is 0.381 e. The molecule has 1 aromatic rings. The molecule has 1 N–H and O–H groups in total. The summed E-state index contributed by atoms with van der Waals surface area (Å²) in [5.41, 5.74) is 0.774. The highest BCUT2D eigenvalue weighted by Gasteiger charge is 2.28. The number of nitrogens with zero attached hydrogens (tertiary/aromatic N) is 1. The summed E-state index contributed by atoms with van der Waals surface area (Å²) in [4.78, 5) is 14.1. The summed E-state index contributed by atoms with van der Waals surface area (Å²) in [6.07, 6.45) is 4.24. The number of urea groups is 1. The number of likely N-dealkylation sites (tertiary alicyclic amines) is 1. The second-order valence-corrected chi connectivity index (χ2v) is 6.36. The lowest BCUT2D eigenvalue weighted by Crippen LogP contribution is -2.50. The van der Waals surface area contributed by atoms with Crippen molar-refractivity contribution in [3.63, 3.8) is 0 Å². The summed E-state index contributed by atoms with van der Waals surface area (Å²) in [6, 6.07) is 4.11. The van der Waals surface area contributed by atoms with E-state index in [0.29, 0.717) is 19.5 Å². The van der Waals surface area contributed by atoms with Gasteiger partial charge in [0.15, 0.2) is 11.6 Å². The van der Waals surface area contributed by atoms with E-state index < -0.39 is 11.6 Å². The van der Waals surface area contributed by atoms with Gasteiger partial charge in [0.05, 0.1) is 6.10 Å². The quantitative estimate of drug-likeness (QED) is 0.806. The average molecular weight is 340 g/mol. The van der Waals surface area contributed by atoms with Gasteiger partial charge in [0.25, 0.3) is 0 Å².